The van der Waals surface area contributed by atoms with Crippen LogP contribution in [0.3, 0.4) is 0 Å². The highest BCUT2D eigenvalue weighted by atomic mass is 16.2. The maximum Gasteiger partial charge on any atom is 0.331 e. The van der Waals surface area contributed by atoms with Crippen LogP contribution in [0.4, 0.5) is 5.69 Å². The van der Waals surface area contributed by atoms with Gasteiger partial charge in [-0.3, -0.25) is 18.7 Å². The van der Waals surface area contributed by atoms with E-state index in [1.54, 1.807) is 24.3 Å². The second kappa shape index (κ2) is 8.25. The number of benzene rings is 2. The van der Waals surface area contributed by atoms with E-state index in [0.29, 0.717) is 35.5 Å². The lowest BCUT2D eigenvalue weighted by Gasteiger charge is -2.15. The number of nitrogens with one attached hydrogen (secondary N) is 1. The van der Waals surface area contributed by atoms with E-state index in [-0.39, 0.29) is 18.0 Å². The van der Waals surface area contributed by atoms with Crippen LogP contribution >= 0.6 is 0 Å². The van der Waals surface area contributed by atoms with Gasteiger partial charge >= 0.3 is 5.69 Å². The molecule has 1 aromatic heterocycles. The minimum Gasteiger partial charge on any atom is -0.324 e. The molecule has 0 atom stereocenters. The van der Waals surface area contributed by atoms with Crippen LogP contribution in [0, 0.1) is 12.8 Å². The molecule has 1 N–H and O–H groups in total. The number of aromatic nitrogens is 2. The van der Waals surface area contributed by atoms with Crippen molar-refractivity contribution in [3.05, 3.63) is 74.9 Å². The molecule has 1 heterocycles. The number of hydrogen-bond donors (Lipinski definition) is 1. The molecule has 1 amide bonds. The number of anilines is 1. The van der Waals surface area contributed by atoms with Gasteiger partial charge in [-0.05, 0) is 43.0 Å². The second-order valence-corrected chi connectivity index (χ2v) is 7.39. The maximum atomic E-state index is 13.0. The average molecular weight is 379 g/mol. The Labute approximate surface area is 163 Å². The zero-order chi connectivity index (χ0) is 20.3. The minimum atomic E-state index is -0.454. The maximum absolute atomic E-state index is 13.0. The number of carbonyl (C=O) groups excluding carboxylic acids is 1. The summed E-state index contributed by atoms with van der Waals surface area (Å²) in [5.41, 5.74) is 1.35. The van der Waals surface area contributed by atoms with Crippen LogP contribution in [-0.4, -0.2) is 15.0 Å². The van der Waals surface area contributed by atoms with Gasteiger partial charge in [0.1, 0.15) is 6.54 Å². The average Bonchev–Trinajstić information content (AvgIpc) is 2.67. The monoisotopic (exact) mass is 379 g/mol. The Balaban J connectivity index is 2.02. The molecule has 0 bridgehead atoms. The van der Waals surface area contributed by atoms with Gasteiger partial charge in [0.05, 0.1) is 10.9 Å². The first-order valence-electron chi connectivity index (χ1n) is 9.46. The summed E-state index contributed by atoms with van der Waals surface area (Å²) in [7, 11) is 0. The molecule has 6 heteroatoms. The van der Waals surface area contributed by atoms with Gasteiger partial charge in [0.25, 0.3) is 5.56 Å². The number of fused-ring (bicyclic) bond motifs is 1. The fourth-order valence-electron chi connectivity index (χ4n) is 3.15. The van der Waals surface area contributed by atoms with Crippen LogP contribution in [0.25, 0.3) is 10.9 Å². The molecule has 28 heavy (non-hydrogen) atoms. The van der Waals surface area contributed by atoms with E-state index in [4.69, 9.17) is 0 Å². The van der Waals surface area contributed by atoms with Crippen LogP contribution < -0.4 is 16.6 Å². The van der Waals surface area contributed by atoms with E-state index in [9.17, 15) is 14.4 Å². The van der Waals surface area contributed by atoms with Crippen molar-refractivity contribution < 1.29 is 4.79 Å². The van der Waals surface area contributed by atoms with Crippen LogP contribution in [0.2, 0.25) is 0 Å². The van der Waals surface area contributed by atoms with Gasteiger partial charge in [-0.1, -0.05) is 44.2 Å². The molecule has 0 spiro atoms. The van der Waals surface area contributed by atoms with E-state index in [0.717, 1.165) is 5.56 Å². The molecule has 6 nitrogen and oxygen atoms in total. The van der Waals surface area contributed by atoms with Gasteiger partial charge in [0.2, 0.25) is 5.91 Å². The second-order valence-electron chi connectivity index (χ2n) is 7.39. The number of hydrogen-bond acceptors (Lipinski definition) is 3. The standard InChI is InChI=1S/C22H25N3O3/c1-15(2)12-13-24-21(27)17-9-5-7-11-19(17)25(22(24)28)14-20(26)23-18-10-6-4-8-16(18)3/h4-11,15H,12-14H2,1-3H3,(H,23,26). The minimum absolute atomic E-state index is 0.157. The summed E-state index contributed by atoms with van der Waals surface area (Å²) in [5, 5.41) is 3.29. The lowest BCUT2D eigenvalue weighted by Crippen LogP contribution is -2.42. The summed E-state index contributed by atoms with van der Waals surface area (Å²) in [4.78, 5) is 38.4. The quantitative estimate of drug-likeness (QED) is 0.715. The summed E-state index contributed by atoms with van der Waals surface area (Å²) >= 11 is 0. The Bertz CT molecular complexity index is 1130. The van der Waals surface area contributed by atoms with E-state index < -0.39 is 5.69 Å². The number of amides is 1. The highest BCUT2D eigenvalue weighted by Crippen LogP contribution is 2.14. The van der Waals surface area contributed by atoms with E-state index in [2.05, 4.69) is 5.32 Å². The molecule has 0 unspecified atom stereocenters. The number of aryl methyl sites for hydroxylation is 1. The van der Waals surface area contributed by atoms with Crippen LogP contribution in [0.15, 0.2) is 58.1 Å². The predicted octanol–water partition coefficient (Wildman–Crippen LogP) is 3.16. The van der Waals surface area contributed by atoms with Crippen molar-refractivity contribution in [2.45, 2.75) is 40.3 Å². The van der Waals surface area contributed by atoms with Gasteiger partial charge < -0.3 is 5.32 Å². The van der Waals surface area contributed by atoms with Gasteiger partial charge in [0, 0.05) is 12.2 Å². The summed E-state index contributed by atoms with van der Waals surface area (Å²) in [6.07, 6.45) is 0.711. The molecule has 2 aromatic carbocycles. The third-order valence-corrected chi connectivity index (χ3v) is 4.78. The van der Waals surface area contributed by atoms with Gasteiger partial charge in [-0.25, -0.2) is 4.79 Å². The Kier molecular flexibility index (Phi) is 5.78. The molecule has 0 radical (unpaired) electrons. The van der Waals surface area contributed by atoms with Crippen molar-refractivity contribution in [2.75, 3.05) is 5.32 Å². The van der Waals surface area contributed by atoms with Crippen LogP contribution in [-0.2, 0) is 17.9 Å². The summed E-state index contributed by atoms with van der Waals surface area (Å²) in [5.74, 6) is 0.0474. The molecular weight excluding hydrogens is 354 g/mol. The first-order valence-corrected chi connectivity index (χ1v) is 9.46. The molecule has 0 aliphatic carbocycles. The van der Waals surface area contributed by atoms with Crippen LogP contribution in [0.5, 0.6) is 0 Å². The molecule has 0 fully saturated rings. The van der Waals surface area contributed by atoms with E-state index in [1.807, 2.05) is 45.0 Å². The van der Waals surface area contributed by atoms with Crippen molar-refractivity contribution in [3.63, 3.8) is 0 Å². The Morgan fingerprint density at radius 1 is 1.00 bits per heavy atom. The Hall–Kier alpha value is -3.15. The predicted molar refractivity (Wildman–Crippen MR) is 112 cm³/mol. The van der Waals surface area contributed by atoms with E-state index in [1.165, 1.54) is 9.13 Å². The molecule has 3 rings (SSSR count). The SMILES string of the molecule is Cc1ccccc1NC(=O)Cn1c(=O)n(CCC(C)C)c(=O)c2ccccc21. The van der Waals surface area contributed by atoms with Crippen molar-refractivity contribution in [1.29, 1.82) is 0 Å². The van der Waals surface area contributed by atoms with Crippen molar-refractivity contribution in [3.8, 4) is 0 Å². The first kappa shape index (κ1) is 19.6. The first-order chi connectivity index (χ1) is 13.4. The topological polar surface area (TPSA) is 73.1 Å². The molecule has 3 aromatic rings. The van der Waals surface area contributed by atoms with E-state index >= 15 is 0 Å². The van der Waals surface area contributed by atoms with Crippen molar-refractivity contribution in [2.24, 2.45) is 5.92 Å². The highest BCUT2D eigenvalue weighted by molar-refractivity contribution is 5.92. The Morgan fingerprint density at radius 2 is 1.68 bits per heavy atom. The third kappa shape index (κ3) is 4.06. The zero-order valence-electron chi connectivity index (χ0n) is 16.4. The number of nitrogens with zero attached hydrogens (tertiary/aromatic N) is 2. The molecule has 0 aliphatic heterocycles. The fraction of sp³-hybridized carbons (Fsp3) is 0.318. The largest absolute Gasteiger partial charge is 0.331 e. The summed E-state index contributed by atoms with van der Waals surface area (Å²) in [6, 6.07) is 14.4. The van der Waals surface area contributed by atoms with Crippen molar-refractivity contribution in [1.82, 2.24) is 9.13 Å². The van der Waals surface area contributed by atoms with Gasteiger partial charge in [0.15, 0.2) is 0 Å². The molecule has 0 saturated heterocycles. The third-order valence-electron chi connectivity index (χ3n) is 4.78. The van der Waals surface area contributed by atoms with Gasteiger partial charge in [-0.15, -0.1) is 0 Å². The summed E-state index contributed by atoms with van der Waals surface area (Å²) in [6.45, 7) is 6.17. The van der Waals surface area contributed by atoms with Gasteiger partial charge in [-0.2, -0.15) is 0 Å². The normalized spacial score (nSPS) is 11.1. The van der Waals surface area contributed by atoms with Crippen LogP contribution in [0.1, 0.15) is 25.8 Å². The molecule has 0 aliphatic rings. The lowest BCUT2D eigenvalue weighted by atomic mass is 10.1. The molecular formula is C22H25N3O3. The number of rotatable bonds is 6. The fourth-order valence-corrected chi connectivity index (χ4v) is 3.15. The number of carbonyl (C=O) groups is 1. The molecule has 0 saturated carbocycles. The molecule has 146 valence electrons. The Morgan fingerprint density at radius 3 is 2.39 bits per heavy atom. The summed E-state index contributed by atoms with van der Waals surface area (Å²) < 4.78 is 2.62. The highest BCUT2D eigenvalue weighted by Gasteiger charge is 2.15. The smallest absolute Gasteiger partial charge is 0.324 e. The lowest BCUT2D eigenvalue weighted by molar-refractivity contribution is -0.116. The number of para-hydroxylation sites is 2. The zero-order valence-corrected chi connectivity index (χ0v) is 16.4. The van der Waals surface area contributed by atoms with Crippen molar-refractivity contribution >= 4 is 22.5 Å².